The zero-order valence-corrected chi connectivity index (χ0v) is 11.3. The van der Waals surface area contributed by atoms with E-state index in [-0.39, 0.29) is 13.2 Å². The van der Waals surface area contributed by atoms with Crippen LogP contribution in [0.3, 0.4) is 0 Å². The maximum absolute atomic E-state index is 12.1. The number of hydrogen-bond acceptors (Lipinski definition) is 4. The van der Waals surface area contributed by atoms with Crippen molar-refractivity contribution < 1.29 is 19.4 Å². The van der Waals surface area contributed by atoms with E-state index in [9.17, 15) is 9.59 Å². The highest BCUT2D eigenvalue weighted by Crippen LogP contribution is 2.16. The molecule has 0 aliphatic rings. The number of carbonyl (C=O) groups is 2. The van der Waals surface area contributed by atoms with Gasteiger partial charge in [0, 0.05) is 5.69 Å². The molecule has 0 saturated heterocycles. The molecule has 0 heterocycles. The van der Waals surface area contributed by atoms with Gasteiger partial charge in [-0.3, -0.25) is 4.79 Å². The third-order valence-corrected chi connectivity index (χ3v) is 2.79. The first kappa shape index (κ1) is 14.6. The van der Waals surface area contributed by atoms with Crippen LogP contribution < -0.4 is 5.32 Å². The normalized spacial score (nSPS) is 9.90. The zero-order chi connectivity index (χ0) is 15.1. The standard InChI is InChI=1S/C16H15NO4/c18-15(19)10-17-14-9-5-4-8-13(14)16(20)21-11-12-6-2-1-3-7-12/h1-9,17H,10-11H2,(H,18,19). The van der Waals surface area contributed by atoms with Crippen molar-refractivity contribution in [2.45, 2.75) is 6.61 Å². The van der Waals surface area contributed by atoms with Crippen LogP contribution in [0.5, 0.6) is 0 Å². The number of aliphatic carboxylic acids is 1. The average Bonchev–Trinajstić information content (AvgIpc) is 2.52. The molecular weight excluding hydrogens is 270 g/mol. The van der Waals surface area contributed by atoms with Crippen molar-refractivity contribution in [3.63, 3.8) is 0 Å². The van der Waals surface area contributed by atoms with Crippen molar-refractivity contribution in [2.24, 2.45) is 0 Å². The van der Waals surface area contributed by atoms with E-state index in [2.05, 4.69) is 5.32 Å². The SMILES string of the molecule is O=C(O)CNc1ccccc1C(=O)OCc1ccccc1. The number of hydrogen-bond donors (Lipinski definition) is 2. The van der Waals surface area contributed by atoms with E-state index in [1.807, 2.05) is 30.3 Å². The number of anilines is 1. The van der Waals surface area contributed by atoms with E-state index in [0.717, 1.165) is 5.56 Å². The van der Waals surface area contributed by atoms with Crippen LogP contribution in [0.25, 0.3) is 0 Å². The number of benzene rings is 2. The molecule has 5 heteroatoms. The maximum Gasteiger partial charge on any atom is 0.340 e. The molecule has 2 N–H and O–H groups in total. The predicted molar refractivity (Wildman–Crippen MR) is 78.1 cm³/mol. The van der Waals surface area contributed by atoms with E-state index < -0.39 is 11.9 Å². The molecule has 2 rings (SSSR count). The van der Waals surface area contributed by atoms with Crippen LogP contribution in [0.4, 0.5) is 5.69 Å². The van der Waals surface area contributed by atoms with Crippen molar-refractivity contribution in [2.75, 3.05) is 11.9 Å². The van der Waals surface area contributed by atoms with Crippen LogP contribution in [-0.2, 0) is 16.1 Å². The summed E-state index contributed by atoms with van der Waals surface area (Å²) in [6, 6.07) is 16.0. The van der Waals surface area contributed by atoms with Crippen molar-refractivity contribution in [3.05, 3.63) is 65.7 Å². The summed E-state index contributed by atoms with van der Waals surface area (Å²) in [5.41, 5.74) is 1.65. The Morgan fingerprint density at radius 3 is 2.38 bits per heavy atom. The Morgan fingerprint density at radius 1 is 1.00 bits per heavy atom. The van der Waals surface area contributed by atoms with Crippen LogP contribution >= 0.6 is 0 Å². The number of esters is 1. The highest BCUT2D eigenvalue weighted by Gasteiger charge is 2.13. The second kappa shape index (κ2) is 7.09. The second-order valence-electron chi connectivity index (χ2n) is 4.35. The lowest BCUT2D eigenvalue weighted by Crippen LogP contribution is -2.15. The van der Waals surface area contributed by atoms with Crippen molar-refractivity contribution in [3.8, 4) is 0 Å². The highest BCUT2D eigenvalue weighted by atomic mass is 16.5. The van der Waals surface area contributed by atoms with Crippen molar-refractivity contribution in [1.82, 2.24) is 0 Å². The summed E-state index contributed by atoms with van der Waals surface area (Å²) in [6.07, 6.45) is 0. The van der Waals surface area contributed by atoms with Gasteiger partial charge < -0.3 is 15.2 Å². The monoisotopic (exact) mass is 285 g/mol. The van der Waals surface area contributed by atoms with E-state index in [1.54, 1.807) is 24.3 Å². The summed E-state index contributed by atoms with van der Waals surface area (Å²) >= 11 is 0. The molecule has 0 spiro atoms. The number of para-hydroxylation sites is 1. The molecule has 0 aromatic heterocycles. The summed E-state index contributed by atoms with van der Waals surface area (Å²) in [6.45, 7) is -0.0874. The van der Waals surface area contributed by atoms with Crippen molar-refractivity contribution in [1.29, 1.82) is 0 Å². The summed E-state index contributed by atoms with van der Waals surface area (Å²) in [4.78, 5) is 22.7. The molecule has 0 aliphatic heterocycles. The molecule has 0 radical (unpaired) electrons. The Bertz CT molecular complexity index is 625. The minimum atomic E-state index is -0.998. The lowest BCUT2D eigenvalue weighted by molar-refractivity contribution is -0.134. The maximum atomic E-state index is 12.1. The molecule has 0 saturated carbocycles. The Balaban J connectivity index is 2.03. The third-order valence-electron chi connectivity index (χ3n) is 2.79. The number of carboxylic acids is 1. The van der Waals surface area contributed by atoms with Crippen LogP contribution in [-0.4, -0.2) is 23.6 Å². The third kappa shape index (κ3) is 4.35. The summed E-state index contributed by atoms with van der Waals surface area (Å²) in [5.74, 6) is -1.49. The lowest BCUT2D eigenvalue weighted by Gasteiger charge is -2.10. The zero-order valence-electron chi connectivity index (χ0n) is 11.3. The minimum absolute atomic E-state index is 0.174. The Morgan fingerprint density at radius 2 is 1.67 bits per heavy atom. The predicted octanol–water partition coefficient (Wildman–Crippen LogP) is 2.54. The van der Waals surface area contributed by atoms with Gasteiger partial charge in [0.05, 0.1) is 5.56 Å². The van der Waals surface area contributed by atoms with Gasteiger partial charge in [-0.05, 0) is 17.7 Å². The molecule has 0 amide bonds. The Kier molecular flexibility index (Phi) is 4.93. The van der Waals surface area contributed by atoms with Gasteiger partial charge in [0.25, 0.3) is 0 Å². The fourth-order valence-electron chi connectivity index (χ4n) is 1.79. The first-order chi connectivity index (χ1) is 10.2. The number of carbonyl (C=O) groups excluding carboxylic acids is 1. The molecule has 0 fully saturated rings. The first-order valence-electron chi connectivity index (χ1n) is 6.42. The quantitative estimate of drug-likeness (QED) is 0.798. The average molecular weight is 285 g/mol. The van der Waals surface area contributed by atoms with Gasteiger partial charge in [0.1, 0.15) is 13.2 Å². The van der Waals surface area contributed by atoms with E-state index in [0.29, 0.717) is 11.3 Å². The lowest BCUT2D eigenvalue weighted by atomic mass is 10.1. The van der Waals surface area contributed by atoms with Crippen LogP contribution in [0.2, 0.25) is 0 Å². The van der Waals surface area contributed by atoms with Gasteiger partial charge in [-0.25, -0.2) is 4.79 Å². The number of rotatable bonds is 6. The van der Waals surface area contributed by atoms with E-state index >= 15 is 0 Å². The van der Waals surface area contributed by atoms with Crippen LogP contribution in [0.1, 0.15) is 15.9 Å². The number of ether oxygens (including phenoxy) is 1. The molecule has 21 heavy (non-hydrogen) atoms. The summed E-state index contributed by atoms with van der Waals surface area (Å²) in [5, 5.41) is 11.4. The molecule has 108 valence electrons. The molecule has 5 nitrogen and oxygen atoms in total. The van der Waals surface area contributed by atoms with Crippen molar-refractivity contribution >= 4 is 17.6 Å². The topological polar surface area (TPSA) is 75.6 Å². The summed E-state index contributed by atoms with van der Waals surface area (Å²) in [7, 11) is 0. The molecule has 2 aromatic carbocycles. The van der Waals surface area contributed by atoms with E-state index in [1.165, 1.54) is 0 Å². The second-order valence-corrected chi connectivity index (χ2v) is 4.35. The first-order valence-corrected chi connectivity index (χ1v) is 6.42. The fourth-order valence-corrected chi connectivity index (χ4v) is 1.79. The van der Waals surface area contributed by atoms with Crippen LogP contribution in [0, 0.1) is 0 Å². The van der Waals surface area contributed by atoms with E-state index in [4.69, 9.17) is 9.84 Å². The van der Waals surface area contributed by atoms with Gasteiger partial charge in [-0.1, -0.05) is 42.5 Å². The van der Waals surface area contributed by atoms with Crippen LogP contribution in [0.15, 0.2) is 54.6 Å². The minimum Gasteiger partial charge on any atom is -0.480 e. The van der Waals surface area contributed by atoms with Gasteiger partial charge in [-0.2, -0.15) is 0 Å². The molecule has 0 aliphatic carbocycles. The highest BCUT2D eigenvalue weighted by molar-refractivity contribution is 5.96. The molecular formula is C16H15NO4. The molecule has 0 atom stereocenters. The molecule has 2 aromatic rings. The Hall–Kier alpha value is -2.82. The summed E-state index contributed by atoms with van der Waals surface area (Å²) < 4.78 is 5.24. The van der Waals surface area contributed by atoms with Gasteiger partial charge in [0.15, 0.2) is 0 Å². The van der Waals surface area contributed by atoms with Gasteiger partial charge in [-0.15, -0.1) is 0 Å². The van der Waals surface area contributed by atoms with Gasteiger partial charge >= 0.3 is 11.9 Å². The smallest absolute Gasteiger partial charge is 0.340 e. The Labute approximate surface area is 122 Å². The number of carboxylic acid groups (broad SMARTS) is 1. The molecule has 0 bridgehead atoms. The largest absolute Gasteiger partial charge is 0.480 e. The van der Waals surface area contributed by atoms with Gasteiger partial charge in [0.2, 0.25) is 0 Å². The molecule has 0 unspecified atom stereocenters. The fraction of sp³-hybridized carbons (Fsp3) is 0.125. The number of nitrogens with one attached hydrogen (secondary N) is 1.